The second-order valence-corrected chi connectivity index (χ2v) is 10.9. The zero-order chi connectivity index (χ0) is 27.5. The first kappa shape index (κ1) is 32.4. The van der Waals surface area contributed by atoms with Gasteiger partial charge in [0.15, 0.2) is 6.10 Å². The smallest absolute Gasteiger partial charge is 0.337 e. The van der Waals surface area contributed by atoms with E-state index in [1.165, 1.54) is 76.2 Å². The molecule has 2 rings (SSSR count). The molecule has 0 aliphatic heterocycles. The molecule has 0 aliphatic carbocycles. The Morgan fingerprint density at radius 3 is 1.70 bits per heavy atom. The van der Waals surface area contributed by atoms with E-state index >= 15 is 0 Å². The van der Waals surface area contributed by atoms with Crippen LogP contribution in [0.4, 0.5) is 0 Å². The molecule has 0 aliphatic rings. The van der Waals surface area contributed by atoms with Crippen LogP contribution in [0.25, 0.3) is 0 Å². The number of hydrogen-bond donors (Lipinski definition) is 3. The first-order valence-corrected chi connectivity index (χ1v) is 13.8. The minimum atomic E-state index is -1.41. The van der Waals surface area contributed by atoms with Crippen molar-refractivity contribution in [3.05, 3.63) is 71.3 Å². The van der Waals surface area contributed by atoms with Crippen molar-refractivity contribution >= 4 is 11.9 Å². The molecule has 0 saturated heterocycles. The van der Waals surface area contributed by atoms with Gasteiger partial charge in [-0.3, -0.25) is 4.79 Å². The van der Waals surface area contributed by atoms with Gasteiger partial charge >= 0.3 is 11.9 Å². The first-order valence-electron chi connectivity index (χ1n) is 13.8. The van der Waals surface area contributed by atoms with Crippen molar-refractivity contribution in [2.45, 2.75) is 110 Å². The van der Waals surface area contributed by atoms with Gasteiger partial charge in [-0.25, -0.2) is 4.79 Å². The van der Waals surface area contributed by atoms with Gasteiger partial charge < -0.3 is 15.3 Å². The summed E-state index contributed by atoms with van der Waals surface area (Å²) in [5.74, 6) is -1.90. The van der Waals surface area contributed by atoms with Gasteiger partial charge in [-0.05, 0) is 42.7 Å². The Morgan fingerprint density at radius 2 is 1.22 bits per heavy atom. The van der Waals surface area contributed by atoms with Crippen LogP contribution in [0, 0.1) is 12.3 Å². The van der Waals surface area contributed by atoms with Gasteiger partial charge in [-0.15, -0.1) is 0 Å². The fourth-order valence-electron chi connectivity index (χ4n) is 4.38. The molecule has 2 aromatic carbocycles. The van der Waals surface area contributed by atoms with Crippen molar-refractivity contribution in [1.29, 1.82) is 0 Å². The second-order valence-electron chi connectivity index (χ2n) is 10.9. The van der Waals surface area contributed by atoms with E-state index in [0.29, 0.717) is 5.56 Å². The minimum absolute atomic E-state index is 0.0500. The van der Waals surface area contributed by atoms with E-state index in [2.05, 4.69) is 44.2 Å². The van der Waals surface area contributed by atoms with Crippen molar-refractivity contribution in [1.82, 2.24) is 0 Å². The standard InChI is InChI=1S/C23H38O2.C9H10O3/c1-23(2,20-22(24)25)19-15-10-8-6-4-3-5-7-9-12-16-21-17-13-11-14-18-21;1-6-2-4-7(5-3-6)8(10)9(11)12/h11,13-14,17-18H,3-10,12,15-16,19-20H2,1-2H3,(H,24,25);2-5,8,10H,1H3,(H,11,12)/t;8-/m.1/s1. The predicted octanol–water partition coefficient (Wildman–Crippen LogP) is 8.13. The van der Waals surface area contributed by atoms with Crippen LogP contribution >= 0.6 is 0 Å². The molecule has 0 saturated carbocycles. The van der Waals surface area contributed by atoms with Crippen LogP contribution in [0.5, 0.6) is 0 Å². The lowest BCUT2D eigenvalue weighted by atomic mass is 9.83. The number of rotatable bonds is 17. The molecule has 0 radical (unpaired) electrons. The van der Waals surface area contributed by atoms with Gasteiger partial charge in [0.05, 0.1) is 6.42 Å². The number of carboxylic acids is 2. The van der Waals surface area contributed by atoms with Crippen molar-refractivity contribution in [3.8, 4) is 0 Å². The van der Waals surface area contributed by atoms with Crippen LogP contribution in [-0.4, -0.2) is 27.3 Å². The molecule has 0 spiro atoms. The minimum Gasteiger partial charge on any atom is -0.481 e. The predicted molar refractivity (Wildman–Crippen MR) is 151 cm³/mol. The lowest BCUT2D eigenvalue weighted by molar-refractivity contribution is -0.147. The molecule has 37 heavy (non-hydrogen) atoms. The quantitative estimate of drug-likeness (QED) is 0.186. The normalized spacial score (nSPS) is 11.9. The van der Waals surface area contributed by atoms with Crippen molar-refractivity contribution < 1.29 is 24.9 Å². The topological polar surface area (TPSA) is 94.8 Å². The van der Waals surface area contributed by atoms with Crippen LogP contribution in [0.15, 0.2) is 54.6 Å². The lowest BCUT2D eigenvalue weighted by Gasteiger charge is -2.21. The van der Waals surface area contributed by atoms with Gasteiger partial charge in [0, 0.05) is 0 Å². The molecule has 5 nitrogen and oxygen atoms in total. The molecule has 0 aromatic heterocycles. The average molecular weight is 513 g/mol. The summed E-state index contributed by atoms with van der Waals surface area (Å²) in [7, 11) is 0. The average Bonchev–Trinajstić information content (AvgIpc) is 2.85. The molecule has 0 amide bonds. The molecule has 206 valence electrons. The van der Waals surface area contributed by atoms with E-state index in [4.69, 9.17) is 15.3 Å². The maximum atomic E-state index is 10.8. The molecule has 1 atom stereocenters. The maximum absolute atomic E-state index is 10.8. The van der Waals surface area contributed by atoms with E-state index < -0.39 is 18.0 Å². The highest BCUT2D eigenvalue weighted by molar-refractivity contribution is 5.73. The molecule has 0 unspecified atom stereocenters. The zero-order valence-electron chi connectivity index (χ0n) is 23.1. The fraction of sp³-hybridized carbons (Fsp3) is 0.562. The third-order valence-electron chi connectivity index (χ3n) is 6.67. The molecular weight excluding hydrogens is 464 g/mol. The number of carboxylic acid groups (broad SMARTS) is 2. The highest BCUT2D eigenvalue weighted by Crippen LogP contribution is 2.28. The first-order chi connectivity index (χ1) is 17.6. The number of hydrogen-bond acceptors (Lipinski definition) is 3. The van der Waals surface area contributed by atoms with Crippen LogP contribution < -0.4 is 0 Å². The van der Waals surface area contributed by atoms with Crippen molar-refractivity contribution in [2.75, 3.05) is 0 Å². The summed E-state index contributed by atoms with van der Waals surface area (Å²) in [5.41, 5.74) is 2.87. The summed E-state index contributed by atoms with van der Waals surface area (Å²) in [4.78, 5) is 21.1. The Kier molecular flexibility index (Phi) is 16.2. The maximum Gasteiger partial charge on any atom is 0.337 e. The molecule has 0 fully saturated rings. The summed E-state index contributed by atoms with van der Waals surface area (Å²) < 4.78 is 0. The monoisotopic (exact) mass is 512 g/mol. The summed E-state index contributed by atoms with van der Waals surface area (Å²) in [6.45, 7) is 6.04. The van der Waals surface area contributed by atoms with Crippen LogP contribution in [-0.2, 0) is 16.0 Å². The van der Waals surface area contributed by atoms with Gasteiger partial charge in [-0.2, -0.15) is 0 Å². The number of aliphatic hydroxyl groups excluding tert-OH is 1. The summed E-state index contributed by atoms with van der Waals surface area (Å²) in [5, 5.41) is 26.4. The van der Waals surface area contributed by atoms with E-state index in [0.717, 1.165) is 12.0 Å². The van der Waals surface area contributed by atoms with Gasteiger partial charge in [-0.1, -0.05) is 132 Å². The van der Waals surface area contributed by atoms with Crippen LogP contribution in [0.3, 0.4) is 0 Å². The van der Waals surface area contributed by atoms with Crippen LogP contribution in [0.2, 0.25) is 0 Å². The summed E-state index contributed by atoms with van der Waals surface area (Å²) in [6, 6.07) is 17.5. The lowest BCUT2D eigenvalue weighted by Crippen LogP contribution is -2.16. The second kappa shape index (κ2) is 18.6. The molecule has 3 N–H and O–H groups in total. The van der Waals surface area contributed by atoms with E-state index in [9.17, 15) is 9.59 Å². The summed E-state index contributed by atoms with van der Waals surface area (Å²) >= 11 is 0. The van der Waals surface area contributed by atoms with Gasteiger partial charge in [0.25, 0.3) is 0 Å². The number of aliphatic hydroxyl groups is 1. The number of unbranched alkanes of at least 4 members (excludes halogenated alkanes) is 9. The van der Waals surface area contributed by atoms with Crippen molar-refractivity contribution in [3.63, 3.8) is 0 Å². The van der Waals surface area contributed by atoms with Gasteiger partial charge in [0.2, 0.25) is 0 Å². The van der Waals surface area contributed by atoms with Crippen molar-refractivity contribution in [2.24, 2.45) is 5.41 Å². The molecule has 5 heteroatoms. The SMILES string of the molecule is CC(C)(CCCCCCCCCCCCc1ccccc1)CC(=O)O.Cc1ccc([C@@H](O)C(=O)O)cc1. The Bertz CT molecular complexity index is 874. The van der Waals surface area contributed by atoms with E-state index in [1.54, 1.807) is 24.3 Å². The van der Waals surface area contributed by atoms with Gasteiger partial charge in [0.1, 0.15) is 0 Å². The highest BCUT2D eigenvalue weighted by atomic mass is 16.4. The third kappa shape index (κ3) is 16.7. The van der Waals surface area contributed by atoms with E-state index in [-0.39, 0.29) is 11.8 Å². The number of benzene rings is 2. The molecular formula is C32H48O5. The Balaban J connectivity index is 0.000000474. The molecule has 0 bridgehead atoms. The third-order valence-corrected chi connectivity index (χ3v) is 6.67. The molecule has 0 heterocycles. The van der Waals surface area contributed by atoms with Crippen LogP contribution in [0.1, 0.15) is 114 Å². The number of aliphatic carboxylic acids is 2. The Hall–Kier alpha value is -2.66. The zero-order valence-corrected chi connectivity index (χ0v) is 23.1. The molecule has 2 aromatic rings. The highest BCUT2D eigenvalue weighted by Gasteiger charge is 2.20. The number of aryl methyl sites for hydroxylation is 2. The summed E-state index contributed by atoms with van der Waals surface area (Å²) in [6.07, 6.45) is 14.3. The Labute approximate surface area is 223 Å². The Morgan fingerprint density at radius 1 is 0.730 bits per heavy atom. The number of carbonyl (C=O) groups is 2. The largest absolute Gasteiger partial charge is 0.481 e. The fourth-order valence-corrected chi connectivity index (χ4v) is 4.38. The van der Waals surface area contributed by atoms with E-state index in [1.807, 2.05) is 6.92 Å².